The van der Waals surface area contributed by atoms with E-state index in [9.17, 15) is 0 Å². The van der Waals surface area contributed by atoms with Crippen LogP contribution in [0.25, 0.3) is 0 Å². The zero-order valence-corrected chi connectivity index (χ0v) is 11.2. The van der Waals surface area contributed by atoms with E-state index >= 15 is 0 Å². The van der Waals surface area contributed by atoms with Gasteiger partial charge in [0.25, 0.3) is 0 Å². The quantitative estimate of drug-likeness (QED) is 0.833. The third kappa shape index (κ3) is 3.07. The second-order valence-corrected chi connectivity index (χ2v) is 4.54. The lowest BCUT2D eigenvalue weighted by molar-refractivity contribution is 0.0384. The number of hydrogen-bond acceptors (Lipinski definition) is 4. The zero-order valence-electron chi connectivity index (χ0n) is 11.2. The van der Waals surface area contributed by atoms with Gasteiger partial charge in [0.05, 0.1) is 19.3 Å². The summed E-state index contributed by atoms with van der Waals surface area (Å²) in [6.45, 7) is 7.39. The van der Waals surface area contributed by atoms with Gasteiger partial charge in [-0.05, 0) is 19.4 Å². The number of nitrogens with two attached hydrogens (primary N) is 1. The lowest BCUT2D eigenvalue weighted by Gasteiger charge is -2.34. The summed E-state index contributed by atoms with van der Waals surface area (Å²) < 4.78 is 11.2. The first-order valence-electron chi connectivity index (χ1n) is 6.62. The number of ether oxygens (including phenoxy) is 2. The van der Waals surface area contributed by atoms with E-state index in [0.29, 0.717) is 12.7 Å². The lowest BCUT2D eigenvalue weighted by Crippen LogP contribution is -2.42. The minimum atomic E-state index is 0.315. The van der Waals surface area contributed by atoms with Gasteiger partial charge in [-0.3, -0.25) is 0 Å². The minimum Gasteiger partial charge on any atom is -0.494 e. The molecule has 0 aromatic heterocycles. The lowest BCUT2D eigenvalue weighted by atomic mass is 10.2. The number of hydrogen-bond donors (Lipinski definition) is 1. The monoisotopic (exact) mass is 250 g/mol. The Balaban J connectivity index is 2.16. The van der Waals surface area contributed by atoms with Crippen molar-refractivity contribution in [1.29, 1.82) is 0 Å². The van der Waals surface area contributed by atoms with Crippen LogP contribution in [-0.2, 0) is 4.74 Å². The van der Waals surface area contributed by atoms with Crippen LogP contribution in [0, 0.1) is 0 Å². The highest BCUT2D eigenvalue weighted by Crippen LogP contribution is 2.27. The Morgan fingerprint density at radius 2 is 2.22 bits per heavy atom. The molecule has 4 heteroatoms. The molecule has 0 amide bonds. The van der Waals surface area contributed by atoms with Crippen molar-refractivity contribution in [3.8, 4) is 5.75 Å². The third-order valence-electron chi connectivity index (χ3n) is 3.18. The Labute approximate surface area is 109 Å². The fraction of sp³-hybridized carbons (Fsp3) is 0.571. The Morgan fingerprint density at radius 3 is 2.94 bits per heavy atom. The molecule has 4 nitrogen and oxygen atoms in total. The Kier molecular flexibility index (Phi) is 4.31. The third-order valence-corrected chi connectivity index (χ3v) is 3.18. The van der Waals surface area contributed by atoms with Crippen LogP contribution in [0.15, 0.2) is 18.2 Å². The van der Waals surface area contributed by atoms with Gasteiger partial charge in [0.2, 0.25) is 0 Å². The van der Waals surface area contributed by atoms with E-state index in [1.54, 1.807) is 0 Å². The molecule has 0 bridgehead atoms. The summed E-state index contributed by atoms with van der Waals surface area (Å²) in [6.07, 6.45) is 1.35. The van der Waals surface area contributed by atoms with Gasteiger partial charge in [0.15, 0.2) is 0 Å². The molecule has 1 saturated heterocycles. The van der Waals surface area contributed by atoms with E-state index in [4.69, 9.17) is 15.2 Å². The van der Waals surface area contributed by atoms with Gasteiger partial charge in [-0.15, -0.1) is 0 Å². The van der Waals surface area contributed by atoms with Crippen LogP contribution in [-0.4, -0.2) is 32.4 Å². The summed E-state index contributed by atoms with van der Waals surface area (Å²) in [5, 5.41) is 0. The van der Waals surface area contributed by atoms with E-state index in [0.717, 1.165) is 43.2 Å². The highest BCUT2D eigenvalue weighted by Gasteiger charge is 2.19. The number of anilines is 2. The maximum Gasteiger partial charge on any atom is 0.123 e. The first-order chi connectivity index (χ1) is 8.72. The first kappa shape index (κ1) is 13.0. The summed E-state index contributed by atoms with van der Waals surface area (Å²) >= 11 is 0. The largest absolute Gasteiger partial charge is 0.494 e. The van der Waals surface area contributed by atoms with E-state index in [1.807, 2.05) is 19.1 Å². The van der Waals surface area contributed by atoms with Gasteiger partial charge in [-0.1, -0.05) is 6.92 Å². The molecule has 1 heterocycles. The molecule has 1 aromatic carbocycles. The highest BCUT2D eigenvalue weighted by molar-refractivity contribution is 5.60. The summed E-state index contributed by atoms with van der Waals surface area (Å²) in [6, 6.07) is 5.92. The molecule has 0 saturated carbocycles. The summed E-state index contributed by atoms with van der Waals surface area (Å²) in [4.78, 5) is 2.32. The molecule has 1 aliphatic rings. The van der Waals surface area contributed by atoms with Crippen molar-refractivity contribution in [3.63, 3.8) is 0 Å². The summed E-state index contributed by atoms with van der Waals surface area (Å²) in [5.41, 5.74) is 7.80. The number of nitrogen functional groups attached to an aromatic ring is 1. The molecule has 0 radical (unpaired) electrons. The Bertz CT molecular complexity index is 395. The average Bonchev–Trinajstić information content (AvgIpc) is 2.38. The fourth-order valence-electron chi connectivity index (χ4n) is 2.24. The van der Waals surface area contributed by atoms with Crippen LogP contribution in [0.5, 0.6) is 5.75 Å². The van der Waals surface area contributed by atoms with Crippen molar-refractivity contribution in [2.45, 2.75) is 26.4 Å². The van der Waals surface area contributed by atoms with Crippen LogP contribution >= 0.6 is 0 Å². The molecule has 1 aromatic rings. The SMILES string of the molecule is CCOc1cc(N)cc(N2CCOC(CC)C2)c1. The van der Waals surface area contributed by atoms with E-state index in [2.05, 4.69) is 17.9 Å². The predicted molar refractivity (Wildman–Crippen MR) is 74.3 cm³/mol. The summed E-state index contributed by atoms with van der Waals surface area (Å²) in [7, 11) is 0. The maximum absolute atomic E-state index is 5.93. The van der Waals surface area contributed by atoms with E-state index in [-0.39, 0.29) is 0 Å². The molecule has 1 atom stereocenters. The number of rotatable bonds is 4. The van der Waals surface area contributed by atoms with Crippen molar-refractivity contribution in [2.75, 3.05) is 36.9 Å². The fourth-order valence-corrected chi connectivity index (χ4v) is 2.24. The van der Waals surface area contributed by atoms with Crippen molar-refractivity contribution in [3.05, 3.63) is 18.2 Å². The van der Waals surface area contributed by atoms with E-state index in [1.165, 1.54) is 0 Å². The first-order valence-corrected chi connectivity index (χ1v) is 6.62. The highest BCUT2D eigenvalue weighted by atomic mass is 16.5. The molecule has 18 heavy (non-hydrogen) atoms. The van der Waals surface area contributed by atoms with Crippen LogP contribution in [0.3, 0.4) is 0 Å². The van der Waals surface area contributed by atoms with Gasteiger partial charge in [0.1, 0.15) is 5.75 Å². The normalized spacial score (nSPS) is 19.9. The summed E-state index contributed by atoms with van der Waals surface area (Å²) in [5.74, 6) is 0.840. The van der Waals surface area contributed by atoms with Crippen molar-refractivity contribution < 1.29 is 9.47 Å². The molecule has 1 aliphatic heterocycles. The van der Waals surface area contributed by atoms with Gasteiger partial charge in [-0.2, -0.15) is 0 Å². The van der Waals surface area contributed by atoms with Crippen LogP contribution in [0.4, 0.5) is 11.4 Å². The second kappa shape index (κ2) is 5.96. The van der Waals surface area contributed by atoms with Gasteiger partial charge < -0.3 is 20.1 Å². The minimum absolute atomic E-state index is 0.315. The molecule has 0 aliphatic carbocycles. The van der Waals surface area contributed by atoms with Crippen molar-refractivity contribution >= 4 is 11.4 Å². The maximum atomic E-state index is 5.93. The smallest absolute Gasteiger partial charge is 0.123 e. The molecule has 100 valence electrons. The van der Waals surface area contributed by atoms with Crippen LogP contribution in [0.2, 0.25) is 0 Å². The van der Waals surface area contributed by atoms with Gasteiger partial charge in [0, 0.05) is 36.6 Å². The number of nitrogens with zero attached hydrogens (tertiary/aromatic N) is 1. The molecule has 2 rings (SSSR count). The molecular formula is C14H22N2O2. The standard InChI is InChI=1S/C14H22N2O2/c1-3-13-10-16(5-6-18-13)12-7-11(15)8-14(9-12)17-4-2/h7-9,13H,3-6,10,15H2,1-2H3. The van der Waals surface area contributed by atoms with Gasteiger partial charge in [-0.25, -0.2) is 0 Å². The Morgan fingerprint density at radius 1 is 1.39 bits per heavy atom. The second-order valence-electron chi connectivity index (χ2n) is 4.54. The molecule has 0 spiro atoms. The van der Waals surface area contributed by atoms with Gasteiger partial charge >= 0.3 is 0 Å². The van der Waals surface area contributed by atoms with Crippen molar-refractivity contribution in [2.24, 2.45) is 0 Å². The molecule has 1 fully saturated rings. The average molecular weight is 250 g/mol. The van der Waals surface area contributed by atoms with Crippen LogP contribution < -0.4 is 15.4 Å². The van der Waals surface area contributed by atoms with Crippen molar-refractivity contribution in [1.82, 2.24) is 0 Å². The number of morpholine rings is 1. The molecule has 1 unspecified atom stereocenters. The topological polar surface area (TPSA) is 47.7 Å². The molecule has 2 N–H and O–H groups in total. The van der Waals surface area contributed by atoms with Crippen LogP contribution in [0.1, 0.15) is 20.3 Å². The van der Waals surface area contributed by atoms with E-state index < -0.39 is 0 Å². The predicted octanol–water partition coefficient (Wildman–Crippen LogP) is 2.28. The zero-order chi connectivity index (χ0) is 13.0. The number of benzene rings is 1. The molecular weight excluding hydrogens is 228 g/mol. The Hall–Kier alpha value is -1.42.